The Kier molecular flexibility index (Phi) is 4.29. The molecule has 0 saturated carbocycles. The van der Waals surface area contributed by atoms with E-state index in [1.807, 2.05) is 4.72 Å². The van der Waals surface area contributed by atoms with Crippen molar-refractivity contribution in [3.05, 3.63) is 58.9 Å². The quantitative estimate of drug-likeness (QED) is 0.890. The van der Waals surface area contributed by atoms with Crippen LogP contribution in [0.15, 0.2) is 47.6 Å². The number of nitrogens with one attached hydrogen (secondary N) is 1. The van der Waals surface area contributed by atoms with E-state index < -0.39 is 21.6 Å². The maximum absolute atomic E-state index is 14.2. The molecule has 126 valence electrons. The maximum Gasteiger partial charge on any atom is 0.265 e. The minimum absolute atomic E-state index is 0.0330. The molecular weight excluding hydrogens is 359 g/mol. The molecule has 24 heavy (non-hydrogen) atoms. The largest absolute Gasteiger partial charge is 0.374 e. The Hall–Kier alpha value is -2.03. The van der Waals surface area contributed by atoms with Gasteiger partial charge in [-0.15, -0.1) is 0 Å². The van der Waals surface area contributed by atoms with Gasteiger partial charge < -0.3 is 4.74 Å². The topological polar surface area (TPSA) is 85.4 Å². The Labute approximate surface area is 142 Å². The second kappa shape index (κ2) is 6.12. The number of amides is 1. The van der Waals surface area contributed by atoms with Crippen molar-refractivity contribution in [2.75, 3.05) is 13.2 Å². The number of alkyl halides is 1. The highest BCUT2D eigenvalue weighted by Crippen LogP contribution is 2.33. The summed E-state index contributed by atoms with van der Waals surface area (Å²) in [5.74, 6) is -0.834. The number of carbonyl (C=O) groups excluding carboxylic acids is 1. The summed E-state index contributed by atoms with van der Waals surface area (Å²) in [5.41, 5.74) is -1.08. The molecule has 1 saturated heterocycles. The SMILES string of the molecule is O=C(NS(=O)(=O)c1cncc(Cl)c1)c1ccc(C2(F)COC2)cc1. The minimum atomic E-state index is -4.10. The van der Waals surface area contributed by atoms with Crippen molar-refractivity contribution in [2.45, 2.75) is 10.6 Å². The lowest BCUT2D eigenvalue weighted by Crippen LogP contribution is -2.42. The molecule has 9 heteroatoms. The molecule has 0 atom stereocenters. The van der Waals surface area contributed by atoms with E-state index in [0.29, 0.717) is 5.56 Å². The number of ether oxygens (including phenoxy) is 1. The number of aromatic nitrogens is 1. The Morgan fingerprint density at radius 1 is 1.25 bits per heavy atom. The second-order valence-corrected chi connectivity index (χ2v) is 7.43. The van der Waals surface area contributed by atoms with E-state index in [4.69, 9.17) is 16.3 Å². The van der Waals surface area contributed by atoms with Gasteiger partial charge in [0, 0.05) is 18.0 Å². The first kappa shape index (κ1) is 16.8. The number of halogens is 2. The van der Waals surface area contributed by atoms with Crippen LogP contribution in [0.4, 0.5) is 4.39 Å². The molecule has 6 nitrogen and oxygen atoms in total. The maximum atomic E-state index is 14.2. The average Bonchev–Trinajstić information content (AvgIpc) is 2.52. The van der Waals surface area contributed by atoms with Gasteiger partial charge >= 0.3 is 0 Å². The van der Waals surface area contributed by atoms with E-state index in [0.717, 1.165) is 6.20 Å². The lowest BCUT2D eigenvalue weighted by molar-refractivity contribution is -0.135. The van der Waals surface area contributed by atoms with Crippen LogP contribution >= 0.6 is 11.6 Å². The Bertz CT molecular complexity index is 883. The molecule has 3 rings (SSSR count). The number of nitrogens with zero attached hydrogens (tertiary/aromatic N) is 1. The van der Waals surface area contributed by atoms with Gasteiger partial charge in [0.15, 0.2) is 5.67 Å². The predicted molar refractivity (Wildman–Crippen MR) is 83.9 cm³/mol. The summed E-state index contributed by atoms with van der Waals surface area (Å²) >= 11 is 5.70. The van der Waals surface area contributed by atoms with Gasteiger partial charge in [-0.25, -0.2) is 17.5 Å². The molecular formula is C15H12ClFN2O4S. The fraction of sp³-hybridized carbons (Fsp3) is 0.200. The van der Waals surface area contributed by atoms with Crippen molar-refractivity contribution in [3.8, 4) is 0 Å². The molecule has 0 radical (unpaired) electrons. The lowest BCUT2D eigenvalue weighted by atomic mass is 9.93. The second-order valence-electron chi connectivity index (χ2n) is 5.31. The van der Waals surface area contributed by atoms with E-state index in [2.05, 4.69) is 4.98 Å². The van der Waals surface area contributed by atoms with E-state index >= 15 is 0 Å². The molecule has 0 unspecified atom stereocenters. The standard InChI is InChI=1S/C15H12ClFN2O4S/c16-12-5-13(7-18-6-12)24(21,22)19-14(20)10-1-3-11(4-2-10)15(17)8-23-9-15/h1-7H,8-9H2,(H,19,20). The van der Waals surface area contributed by atoms with E-state index in [-0.39, 0.29) is 28.7 Å². The number of benzene rings is 1. The Morgan fingerprint density at radius 3 is 2.46 bits per heavy atom. The summed E-state index contributed by atoms with van der Waals surface area (Å²) in [6.07, 6.45) is 2.35. The van der Waals surface area contributed by atoms with Crippen LogP contribution in [0.2, 0.25) is 5.02 Å². The molecule has 2 aromatic rings. The molecule has 2 heterocycles. The molecule has 0 bridgehead atoms. The molecule has 1 aliphatic rings. The molecule has 1 aromatic carbocycles. The number of carbonyl (C=O) groups is 1. The number of rotatable bonds is 4. The molecule has 1 aromatic heterocycles. The summed E-state index contributed by atoms with van der Waals surface area (Å²) in [6.45, 7) is -0.0661. The van der Waals surface area contributed by atoms with Crippen LogP contribution in [0.25, 0.3) is 0 Å². The van der Waals surface area contributed by atoms with E-state index in [1.54, 1.807) is 0 Å². The Balaban J connectivity index is 1.77. The van der Waals surface area contributed by atoms with Crippen molar-refractivity contribution in [2.24, 2.45) is 0 Å². The van der Waals surface area contributed by atoms with Crippen molar-refractivity contribution < 1.29 is 22.3 Å². The van der Waals surface area contributed by atoms with Crippen LogP contribution in [0.5, 0.6) is 0 Å². The van der Waals surface area contributed by atoms with Gasteiger partial charge in [-0.05, 0) is 23.8 Å². The van der Waals surface area contributed by atoms with Gasteiger partial charge in [0.25, 0.3) is 15.9 Å². The molecule has 1 amide bonds. The van der Waals surface area contributed by atoms with Crippen LogP contribution < -0.4 is 4.72 Å². The molecule has 1 aliphatic heterocycles. The van der Waals surface area contributed by atoms with Gasteiger partial charge in [0.2, 0.25) is 0 Å². The average molecular weight is 371 g/mol. The highest BCUT2D eigenvalue weighted by molar-refractivity contribution is 7.90. The number of hydrogen-bond donors (Lipinski definition) is 1. The third-order valence-corrected chi connectivity index (χ3v) is 5.05. The van der Waals surface area contributed by atoms with Crippen molar-refractivity contribution in [1.82, 2.24) is 9.71 Å². The Morgan fingerprint density at radius 2 is 1.92 bits per heavy atom. The van der Waals surface area contributed by atoms with Gasteiger partial charge in [-0.1, -0.05) is 23.7 Å². The first-order valence-electron chi connectivity index (χ1n) is 6.85. The third kappa shape index (κ3) is 3.26. The molecule has 0 spiro atoms. The summed E-state index contributed by atoms with van der Waals surface area (Å²) in [6, 6.07) is 6.76. The molecule has 1 N–H and O–H groups in total. The zero-order valence-corrected chi connectivity index (χ0v) is 13.8. The molecule has 0 aliphatic carbocycles. The zero-order chi connectivity index (χ0) is 17.4. The number of hydrogen-bond acceptors (Lipinski definition) is 5. The van der Waals surface area contributed by atoms with Gasteiger partial charge in [-0.2, -0.15) is 0 Å². The highest BCUT2D eigenvalue weighted by atomic mass is 35.5. The fourth-order valence-corrected chi connectivity index (χ4v) is 3.35. The predicted octanol–water partition coefficient (Wildman–Crippen LogP) is 2.05. The normalized spacial score (nSPS) is 16.2. The minimum Gasteiger partial charge on any atom is -0.374 e. The smallest absolute Gasteiger partial charge is 0.265 e. The first-order chi connectivity index (χ1) is 11.3. The zero-order valence-electron chi connectivity index (χ0n) is 12.2. The van der Waals surface area contributed by atoms with Crippen molar-refractivity contribution in [1.29, 1.82) is 0 Å². The van der Waals surface area contributed by atoms with Gasteiger partial charge in [-0.3, -0.25) is 9.78 Å². The first-order valence-corrected chi connectivity index (χ1v) is 8.71. The van der Waals surface area contributed by atoms with Gasteiger partial charge in [0.05, 0.1) is 18.2 Å². The van der Waals surface area contributed by atoms with Crippen molar-refractivity contribution >= 4 is 27.5 Å². The van der Waals surface area contributed by atoms with Crippen LogP contribution in [-0.2, 0) is 20.4 Å². The van der Waals surface area contributed by atoms with Crippen molar-refractivity contribution in [3.63, 3.8) is 0 Å². The lowest BCUT2D eigenvalue weighted by Gasteiger charge is -2.34. The van der Waals surface area contributed by atoms with Crippen LogP contribution in [0.1, 0.15) is 15.9 Å². The van der Waals surface area contributed by atoms with Gasteiger partial charge in [0.1, 0.15) is 4.90 Å². The van der Waals surface area contributed by atoms with Crippen LogP contribution in [0.3, 0.4) is 0 Å². The fourth-order valence-electron chi connectivity index (χ4n) is 2.15. The molecule has 1 fully saturated rings. The van der Waals surface area contributed by atoms with Crippen LogP contribution in [0, 0.1) is 0 Å². The number of sulfonamides is 1. The highest BCUT2D eigenvalue weighted by Gasteiger charge is 2.40. The summed E-state index contributed by atoms with van der Waals surface area (Å²) in [5, 5.41) is 0.130. The summed E-state index contributed by atoms with van der Waals surface area (Å²) < 4.78 is 45.2. The summed E-state index contributed by atoms with van der Waals surface area (Å²) in [4.78, 5) is 15.5. The number of pyridine rings is 1. The summed E-state index contributed by atoms with van der Waals surface area (Å²) in [7, 11) is -4.10. The van der Waals surface area contributed by atoms with Crippen LogP contribution in [-0.4, -0.2) is 32.5 Å². The third-order valence-electron chi connectivity index (χ3n) is 3.54. The monoisotopic (exact) mass is 370 g/mol. The van der Waals surface area contributed by atoms with E-state index in [9.17, 15) is 17.6 Å². The van der Waals surface area contributed by atoms with E-state index in [1.165, 1.54) is 36.5 Å².